The van der Waals surface area contributed by atoms with E-state index in [4.69, 9.17) is 9.47 Å². The van der Waals surface area contributed by atoms with Gasteiger partial charge < -0.3 is 9.47 Å². The van der Waals surface area contributed by atoms with Crippen LogP contribution in [0.15, 0.2) is 82.0 Å². The van der Waals surface area contributed by atoms with E-state index in [1.54, 1.807) is 18.2 Å². The molecule has 1 unspecified atom stereocenters. The first kappa shape index (κ1) is 28.9. The van der Waals surface area contributed by atoms with Crippen LogP contribution in [0.25, 0.3) is 0 Å². The number of nitrogens with one attached hydrogen (secondary N) is 1. The maximum Gasteiger partial charge on any atom is 0.269 e. The minimum absolute atomic E-state index is 0.0793. The van der Waals surface area contributed by atoms with Crippen molar-refractivity contribution >= 4 is 49.8 Å². The molecule has 0 fully saturated rings. The van der Waals surface area contributed by atoms with Crippen LogP contribution in [0.5, 0.6) is 11.5 Å². The number of anilines is 2. The number of fused-ring (bicyclic) bond motifs is 1. The van der Waals surface area contributed by atoms with Crippen LogP contribution in [0.1, 0.15) is 31.9 Å². The lowest BCUT2D eigenvalue weighted by atomic mass is 9.86. The van der Waals surface area contributed by atoms with Crippen LogP contribution in [0.2, 0.25) is 0 Å². The third-order valence-electron chi connectivity index (χ3n) is 6.48. The highest BCUT2D eigenvalue weighted by Crippen LogP contribution is 2.40. The maximum absolute atomic E-state index is 13.9. The fourth-order valence-corrected chi connectivity index (χ4v) is 7.36. The van der Waals surface area contributed by atoms with Crippen molar-refractivity contribution in [3.05, 3.63) is 83.9 Å². The van der Waals surface area contributed by atoms with E-state index in [1.165, 1.54) is 46.6 Å². The van der Waals surface area contributed by atoms with Crippen LogP contribution in [-0.2, 0) is 26.0 Å². The van der Waals surface area contributed by atoms with Crippen LogP contribution in [-0.4, -0.2) is 44.3 Å². The van der Waals surface area contributed by atoms with Gasteiger partial charge >= 0.3 is 0 Å². The number of methoxy groups -OCH3 is 1. The number of rotatable bonds is 8. The number of nitrogens with zero attached hydrogens (tertiary/aromatic N) is 3. The Morgan fingerprint density at radius 2 is 1.83 bits per heavy atom. The third kappa shape index (κ3) is 6.50. The van der Waals surface area contributed by atoms with Crippen molar-refractivity contribution in [1.29, 1.82) is 0 Å². The lowest BCUT2D eigenvalue weighted by Gasteiger charge is -2.35. The molecule has 0 aliphatic carbocycles. The van der Waals surface area contributed by atoms with Crippen molar-refractivity contribution in [3.63, 3.8) is 0 Å². The van der Waals surface area contributed by atoms with Gasteiger partial charge in [0.1, 0.15) is 11.5 Å². The number of amides is 1. The van der Waals surface area contributed by atoms with Crippen molar-refractivity contribution < 1.29 is 22.7 Å². The average molecular weight is 611 g/mol. The first-order valence-corrected chi connectivity index (χ1v) is 16.1. The molecule has 3 aromatic carbocycles. The van der Waals surface area contributed by atoms with Crippen molar-refractivity contribution in [3.8, 4) is 11.5 Å². The first-order valence-electron chi connectivity index (χ1n) is 12.8. The van der Waals surface area contributed by atoms with Gasteiger partial charge in [0.2, 0.25) is 5.13 Å². The van der Waals surface area contributed by atoms with Crippen molar-refractivity contribution in [2.75, 3.05) is 23.3 Å². The minimum Gasteiger partial charge on any atom is -0.497 e. The molecule has 2 heterocycles. The second kappa shape index (κ2) is 11.7. The Bertz CT molecular complexity index is 1640. The van der Waals surface area contributed by atoms with E-state index < -0.39 is 22.0 Å². The molecule has 9 nitrogen and oxygen atoms in total. The monoisotopic (exact) mass is 610 g/mol. The number of sulfonamides is 1. The fourth-order valence-electron chi connectivity index (χ4n) is 4.18. The summed E-state index contributed by atoms with van der Waals surface area (Å²) in [5, 5.41) is 11.3. The molecule has 1 aliphatic rings. The summed E-state index contributed by atoms with van der Waals surface area (Å²) in [6, 6.07) is 21.6. The van der Waals surface area contributed by atoms with E-state index in [0.717, 1.165) is 16.9 Å². The van der Waals surface area contributed by atoms with Crippen LogP contribution in [0.4, 0.5) is 10.8 Å². The molecule has 0 radical (unpaired) electrons. The largest absolute Gasteiger partial charge is 0.497 e. The maximum atomic E-state index is 13.9. The minimum atomic E-state index is -4.04. The number of hydrogen-bond donors (Lipinski definition) is 1. The summed E-state index contributed by atoms with van der Waals surface area (Å²) in [5.74, 6) is 1.05. The summed E-state index contributed by atoms with van der Waals surface area (Å²) in [6.07, 6.45) is -1.11. The highest BCUT2D eigenvalue weighted by molar-refractivity contribution is 8.00. The van der Waals surface area contributed by atoms with E-state index >= 15 is 0 Å². The number of benzene rings is 3. The Labute approximate surface area is 248 Å². The van der Waals surface area contributed by atoms with Crippen molar-refractivity contribution in [1.82, 2.24) is 10.2 Å². The summed E-state index contributed by atoms with van der Waals surface area (Å²) in [7, 11) is -2.53. The Kier molecular flexibility index (Phi) is 8.25. The molecular formula is C29H30N4O5S3. The molecule has 1 aliphatic heterocycles. The molecule has 4 aromatic rings. The fraction of sp³-hybridized carbons (Fsp3) is 0.276. The second-order valence-corrected chi connectivity index (χ2v) is 14.4. The Hall–Kier alpha value is -3.61. The van der Waals surface area contributed by atoms with Gasteiger partial charge in [-0.3, -0.25) is 14.4 Å². The molecule has 41 heavy (non-hydrogen) atoms. The standard InChI is InChI=1S/C29H30N4O5S3/c1-29(2,3)20-10-15-24-23(16-20)33(41(35,36)22-13-11-21(37-4)12-14-22)17-25(38-24)26(34)30-27-31-32-28(40-27)39-18-19-8-6-5-7-9-19/h5-16,25H,17-18H2,1-4H3,(H,30,31,34). The molecule has 0 saturated carbocycles. The van der Waals surface area contributed by atoms with E-state index in [1.807, 2.05) is 63.2 Å². The number of thioether (sulfide) groups is 1. The summed E-state index contributed by atoms with van der Waals surface area (Å²) in [6.45, 7) is 5.93. The Morgan fingerprint density at radius 1 is 1.10 bits per heavy atom. The average Bonchev–Trinajstić information content (AvgIpc) is 3.42. The first-order chi connectivity index (χ1) is 19.5. The van der Waals surface area contributed by atoms with Crippen LogP contribution in [0.3, 0.4) is 0 Å². The number of carbonyl (C=O) groups is 1. The Balaban J connectivity index is 1.39. The molecule has 214 valence electrons. The predicted octanol–water partition coefficient (Wildman–Crippen LogP) is 5.73. The highest BCUT2D eigenvalue weighted by Gasteiger charge is 2.38. The van der Waals surface area contributed by atoms with Gasteiger partial charge in [-0.25, -0.2) is 8.42 Å². The van der Waals surface area contributed by atoms with Crippen molar-refractivity contribution in [2.24, 2.45) is 0 Å². The molecule has 0 spiro atoms. The van der Waals surface area contributed by atoms with Gasteiger partial charge in [0.25, 0.3) is 15.9 Å². The predicted molar refractivity (Wildman–Crippen MR) is 162 cm³/mol. The molecule has 1 amide bonds. The van der Waals surface area contributed by atoms with Gasteiger partial charge in [0.05, 0.1) is 24.2 Å². The third-order valence-corrected chi connectivity index (χ3v) is 10.3. The van der Waals surface area contributed by atoms with E-state index in [-0.39, 0.29) is 16.9 Å². The van der Waals surface area contributed by atoms with Gasteiger partial charge in [-0.1, -0.05) is 80.3 Å². The molecule has 1 aromatic heterocycles. The Morgan fingerprint density at radius 3 is 2.51 bits per heavy atom. The molecular weight excluding hydrogens is 581 g/mol. The smallest absolute Gasteiger partial charge is 0.269 e. The molecule has 5 rings (SSSR count). The molecule has 1 atom stereocenters. The SMILES string of the molecule is COc1ccc(S(=O)(=O)N2CC(C(=O)Nc3nnc(SCc4ccccc4)s3)Oc3ccc(C(C)(C)C)cc32)cc1. The summed E-state index contributed by atoms with van der Waals surface area (Å²) in [5.41, 5.74) is 2.24. The van der Waals surface area contributed by atoms with Gasteiger partial charge in [0, 0.05) is 5.75 Å². The lowest BCUT2D eigenvalue weighted by Crippen LogP contribution is -2.49. The van der Waals surface area contributed by atoms with Crippen LogP contribution >= 0.6 is 23.1 Å². The topological polar surface area (TPSA) is 111 Å². The quantitative estimate of drug-likeness (QED) is 0.199. The van der Waals surface area contributed by atoms with E-state index in [9.17, 15) is 13.2 Å². The second-order valence-electron chi connectivity index (χ2n) is 10.4. The number of aromatic nitrogens is 2. The van der Waals surface area contributed by atoms with E-state index in [0.29, 0.717) is 26.7 Å². The highest BCUT2D eigenvalue weighted by atomic mass is 32.2. The lowest BCUT2D eigenvalue weighted by molar-refractivity contribution is -0.122. The molecule has 0 bridgehead atoms. The van der Waals surface area contributed by atoms with Gasteiger partial charge in [0.15, 0.2) is 10.4 Å². The number of hydrogen-bond acceptors (Lipinski definition) is 9. The van der Waals surface area contributed by atoms with Gasteiger partial charge in [-0.2, -0.15) is 0 Å². The summed E-state index contributed by atoms with van der Waals surface area (Å²) in [4.78, 5) is 13.4. The molecule has 1 N–H and O–H groups in total. The van der Waals surface area contributed by atoms with Crippen LogP contribution < -0.4 is 19.1 Å². The van der Waals surface area contributed by atoms with E-state index in [2.05, 4.69) is 15.5 Å². The zero-order chi connectivity index (χ0) is 29.2. The summed E-state index contributed by atoms with van der Waals surface area (Å²) < 4.78 is 41.0. The normalized spacial score (nSPS) is 15.1. The van der Waals surface area contributed by atoms with Crippen LogP contribution in [0, 0.1) is 0 Å². The molecule has 0 saturated heterocycles. The molecule has 12 heteroatoms. The van der Waals surface area contributed by atoms with Gasteiger partial charge in [-0.15, -0.1) is 10.2 Å². The number of carbonyl (C=O) groups excluding carboxylic acids is 1. The summed E-state index contributed by atoms with van der Waals surface area (Å²) >= 11 is 2.77. The zero-order valence-electron chi connectivity index (χ0n) is 23.0. The van der Waals surface area contributed by atoms with Crippen molar-refractivity contribution in [2.45, 2.75) is 47.3 Å². The zero-order valence-corrected chi connectivity index (χ0v) is 25.5. The number of ether oxygens (including phenoxy) is 2. The van der Waals surface area contributed by atoms with Gasteiger partial charge in [-0.05, 0) is 52.9 Å².